The van der Waals surface area contributed by atoms with Crippen LogP contribution in [-0.2, 0) is 0 Å². The summed E-state index contributed by atoms with van der Waals surface area (Å²) in [6, 6.07) is 9.73. The monoisotopic (exact) mass is 173 g/mol. The quantitative estimate of drug-likeness (QED) is 0.687. The highest BCUT2D eigenvalue weighted by Gasteiger charge is 1.90. The maximum atomic E-state index is 4.00. The molecule has 0 saturated carbocycles. The summed E-state index contributed by atoms with van der Waals surface area (Å²) in [5.41, 5.74) is 1.01. The van der Waals surface area contributed by atoms with Gasteiger partial charge in [0.25, 0.3) is 5.95 Å². The van der Waals surface area contributed by atoms with Gasteiger partial charge >= 0.3 is 0 Å². The summed E-state index contributed by atoms with van der Waals surface area (Å²) in [5, 5.41) is 13.1. The molecule has 1 aromatic heterocycles. The normalized spacial score (nSPS) is 10.8. The van der Waals surface area contributed by atoms with Crippen molar-refractivity contribution in [3.63, 3.8) is 0 Å². The van der Waals surface area contributed by atoms with E-state index in [0.29, 0.717) is 5.95 Å². The molecule has 5 nitrogen and oxygen atoms in total. The zero-order valence-corrected chi connectivity index (χ0v) is 6.75. The third kappa shape index (κ3) is 1.96. The van der Waals surface area contributed by atoms with Crippen LogP contribution < -0.4 is 0 Å². The van der Waals surface area contributed by atoms with Gasteiger partial charge in [0.2, 0.25) is 0 Å². The fraction of sp³-hybridized carbons (Fsp3) is 0. The predicted octanol–water partition coefficient (Wildman–Crippen LogP) is 0.950. The highest BCUT2D eigenvalue weighted by molar-refractivity contribution is 5.80. The molecule has 0 amide bonds. The minimum atomic E-state index is 0.337. The number of nitrogens with one attached hydrogen (secondary N) is 1. The predicted molar refractivity (Wildman–Crippen MR) is 47.9 cm³/mol. The molecule has 1 aromatic carbocycles. The van der Waals surface area contributed by atoms with Crippen molar-refractivity contribution in [1.29, 1.82) is 0 Å². The molecule has 0 bridgehead atoms. The Morgan fingerprint density at radius 3 is 2.77 bits per heavy atom. The van der Waals surface area contributed by atoms with E-state index in [1.807, 2.05) is 30.3 Å². The number of aromatic nitrogens is 4. The minimum absolute atomic E-state index is 0.337. The zero-order chi connectivity index (χ0) is 8.93. The summed E-state index contributed by atoms with van der Waals surface area (Å²) in [6.07, 6.45) is 1.69. The number of benzene rings is 1. The first kappa shape index (κ1) is 7.60. The van der Waals surface area contributed by atoms with Crippen molar-refractivity contribution in [1.82, 2.24) is 20.6 Å². The van der Waals surface area contributed by atoms with Crippen LogP contribution in [0.1, 0.15) is 5.56 Å². The van der Waals surface area contributed by atoms with Crippen LogP contribution in [0.4, 0.5) is 5.95 Å². The van der Waals surface area contributed by atoms with Crippen molar-refractivity contribution in [3.05, 3.63) is 35.9 Å². The molecule has 0 fully saturated rings. The number of hydrogen-bond donors (Lipinski definition) is 1. The van der Waals surface area contributed by atoms with Crippen molar-refractivity contribution in [2.24, 2.45) is 4.99 Å². The van der Waals surface area contributed by atoms with E-state index in [-0.39, 0.29) is 0 Å². The number of aliphatic imine (C=N–C) groups is 1. The van der Waals surface area contributed by atoms with Crippen molar-refractivity contribution in [3.8, 4) is 0 Å². The molecule has 1 N–H and O–H groups in total. The Balaban J connectivity index is 2.15. The first-order chi connectivity index (χ1) is 6.45. The highest BCUT2D eigenvalue weighted by atomic mass is 15.5. The van der Waals surface area contributed by atoms with Gasteiger partial charge in [0.05, 0.1) is 0 Å². The smallest absolute Gasteiger partial charge is 0.216 e. The first-order valence-corrected chi connectivity index (χ1v) is 3.78. The van der Waals surface area contributed by atoms with Gasteiger partial charge in [-0.1, -0.05) is 35.4 Å². The molecule has 0 unspecified atom stereocenters. The second-order valence-corrected chi connectivity index (χ2v) is 2.38. The third-order valence-corrected chi connectivity index (χ3v) is 1.46. The van der Waals surface area contributed by atoms with Crippen LogP contribution in [0.5, 0.6) is 0 Å². The molecule has 13 heavy (non-hydrogen) atoms. The minimum Gasteiger partial charge on any atom is -0.216 e. The molecule has 1 heterocycles. The van der Waals surface area contributed by atoms with Crippen LogP contribution in [0.15, 0.2) is 35.3 Å². The fourth-order valence-electron chi connectivity index (χ4n) is 0.883. The van der Waals surface area contributed by atoms with Gasteiger partial charge in [0, 0.05) is 6.21 Å². The molecule has 5 heteroatoms. The highest BCUT2D eigenvalue weighted by Crippen LogP contribution is 1.99. The van der Waals surface area contributed by atoms with Gasteiger partial charge in [-0.3, -0.25) is 0 Å². The number of nitrogens with zero attached hydrogens (tertiary/aromatic N) is 4. The Morgan fingerprint density at radius 2 is 2.08 bits per heavy atom. The molecule has 0 atom stereocenters. The van der Waals surface area contributed by atoms with Gasteiger partial charge in [-0.05, 0) is 10.8 Å². The number of tetrazole rings is 1. The van der Waals surface area contributed by atoms with E-state index >= 15 is 0 Å². The van der Waals surface area contributed by atoms with Gasteiger partial charge in [-0.2, -0.15) is 5.21 Å². The lowest BCUT2D eigenvalue weighted by molar-refractivity contribution is 0.881. The van der Waals surface area contributed by atoms with E-state index in [1.165, 1.54) is 0 Å². The van der Waals surface area contributed by atoms with Crippen LogP contribution in [-0.4, -0.2) is 26.8 Å². The van der Waals surface area contributed by atoms with Gasteiger partial charge in [0.1, 0.15) is 0 Å². The Morgan fingerprint density at radius 1 is 1.23 bits per heavy atom. The molecule has 2 aromatic rings. The van der Waals surface area contributed by atoms with Gasteiger partial charge in [-0.15, -0.1) is 5.10 Å². The Hall–Kier alpha value is -2.04. The lowest BCUT2D eigenvalue weighted by atomic mass is 10.2. The Bertz CT molecular complexity index is 378. The molecular weight excluding hydrogens is 166 g/mol. The zero-order valence-electron chi connectivity index (χ0n) is 6.75. The van der Waals surface area contributed by atoms with Crippen molar-refractivity contribution >= 4 is 12.2 Å². The fourth-order valence-corrected chi connectivity index (χ4v) is 0.883. The summed E-state index contributed by atoms with van der Waals surface area (Å²) >= 11 is 0. The summed E-state index contributed by atoms with van der Waals surface area (Å²) in [7, 11) is 0. The first-order valence-electron chi connectivity index (χ1n) is 3.78. The molecule has 0 aliphatic heterocycles. The summed E-state index contributed by atoms with van der Waals surface area (Å²) in [4.78, 5) is 4.00. The number of H-pyrrole nitrogens is 1. The molecule has 0 aliphatic rings. The summed E-state index contributed by atoms with van der Waals surface area (Å²) < 4.78 is 0. The maximum Gasteiger partial charge on any atom is 0.288 e. The van der Waals surface area contributed by atoms with Crippen molar-refractivity contribution in [2.75, 3.05) is 0 Å². The molecule has 0 spiro atoms. The van der Waals surface area contributed by atoms with E-state index in [4.69, 9.17) is 0 Å². The molecular formula is C8H7N5. The average molecular weight is 173 g/mol. The van der Waals surface area contributed by atoms with Crippen molar-refractivity contribution in [2.45, 2.75) is 0 Å². The van der Waals surface area contributed by atoms with E-state index in [1.54, 1.807) is 6.21 Å². The van der Waals surface area contributed by atoms with Crippen LogP contribution >= 0.6 is 0 Å². The summed E-state index contributed by atoms with van der Waals surface area (Å²) in [5.74, 6) is 0.337. The molecule has 2 rings (SSSR count). The Kier molecular flexibility index (Phi) is 2.09. The largest absolute Gasteiger partial charge is 0.288 e. The lowest BCUT2D eigenvalue weighted by Gasteiger charge is -1.87. The number of rotatable bonds is 2. The second kappa shape index (κ2) is 3.57. The standard InChI is InChI=1S/C8H7N5/c1-2-4-7(5-3-1)6-9-8-10-12-13-11-8/h1-6H,(H,10,11,12,13)/b9-6+. The van der Waals surface area contributed by atoms with Gasteiger partial charge < -0.3 is 0 Å². The molecule has 0 radical (unpaired) electrons. The topological polar surface area (TPSA) is 66.8 Å². The molecule has 0 aliphatic carbocycles. The molecule has 64 valence electrons. The summed E-state index contributed by atoms with van der Waals surface area (Å²) in [6.45, 7) is 0. The average Bonchev–Trinajstić information content (AvgIpc) is 2.69. The SMILES string of the molecule is C(=N\c1nn[nH]n1)/c1ccccc1. The van der Waals surface area contributed by atoms with Crippen LogP contribution in [0.25, 0.3) is 0 Å². The van der Waals surface area contributed by atoms with E-state index in [0.717, 1.165) is 5.56 Å². The van der Waals surface area contributed by atoms with E-state index in [9.17, 15) is 0 Å². The van der Waals surface area contributed by atoms with Crippen molar-refractivity contribution < 1.29 is 0 Å². The molecule has 0 saturated heterocycles. The van der Waals surface area contributed by atoms with Crippen LogP contribution in [0, 0.1) is 0 Å². The lowest BCUT2D eigenvalue weighted by Crippen LogP contribution is -1.78. The van der Waals surface area contributed by atoms with Crippen LogP contribution in [0.3, 0.4) is 0 Å². The van der Waals surface area contributed by atoms with Gasteiger partial charge in [-0.25, -0.2) is 4.99 Å². The van der Waals surface area contributed by atoms with E-state index < -0.39 is 0 Å². The Labute approximate surface area is 74.5 Å². The van der Waals surface area contributed by atoms with Crippen LogP contribution in [0.2, 0.25) is 0 Å². The van der Waals surface area contributed by atoms with E-state index in [2.05, 4.69) is 25.6 Å². The number of hydrogen-bond acceptors (Lipinski definition) is 4. The second-order valence-electron chi connectivity index (χ2n) is 2.38. The van der Waals surface area contributed by atoms with Gasteiger partial charge in [0.15, 0.2) is 0 Å². The number of aromatic amines is 1. The maximum absolute atomic E-state index is 4.00. The third-order valence-electron chi connectivity index (χ3n) is 1.46.